The van der Waals surface area contributed by atoms with E-state index in [9.17, 15) is 0 Å². The third kappa shape index (κ3) is 5.01. The minimum Gasteiger partial charge on any atom is -0.496 e. The van der Waals surface area contributed by atoms with Crippen LogP contribution in [0.25, 0.3) is 0 Å². The number of hydrogen-bond acceptors (Lipinski definition) is 3. The predicted octanol–water partition coefficient (Wildman–Crippen LogP) is 5.22. The van der Waals surface area contributed by atoms with Crippen LogP contribution in [0.1, 0.15) is 16.7 Å². The molecular weight excluding hydrogens is 346 g/mol. The Balaban J connectivity index is 1.55. The van der Waals surface area contributed by atoms with Gasteiger partial charge in [0.2, 0.25) is 0 Å². The highest BCUT2D eigenvalue weighted by Gasteiger charge is 2.03. The summed E-state index contributed by atoms with van der Waals surface area (Å²) in [5, 5.41) is 4.17. The summed E-state index contributed by atoms with van der Waals surface area (Å²) in [4.78, 5) is 0. The van der Waals surface area contributed by atoms with E-state index >= 15 is 0 Å². The Hall–Kier alpha value is -2.49. The van der Waals surface area contributed by atoms with Crippen molar-refractivity contribution in [2.24, 2.45) is 0 Å². The van der Waals surface area contributed by atoms with Crippen LogP contribution in [0.4, 0.5) is 0 Å². The Morgan fingerprint density at radius 1 is 0.846 bits per heavy atom. The molecule has 3 rings (SSSR count). The molecule has 3 aromatic rings. The van der Waals surface area contributed by atoms with Crippen molar-refractivity contribution < 1.29 is 9.47 Å². The molecule has 0 bridgehead atoms. The van der Waals surface area contributed by atoms with Gasteiger partial charge in [0.1, 0.15) is 18.1 Å². The van der Waals surface area contributed by atoms with E-state index in [4.69, 9.17) is 21.1 Å². The summed E-state index contributed by atoms with van der Waals surface area (Å²) in [5.74, 6) is 1.73. The molecule has 1 N–H and O–H groups in total. The zero-order valence-corrected chi connectivity index (χ0v) is 15.5. The van der Waals surface area contributed by atoms with Crippen LogP contribution >= 0.6 is 11.6 Å². The van der Waals surface area contributed by atoms with Crippen molar-refractivity contribution in [2.45, 2.75) is 19.7 Å². The number of halogens is 1. The van der Waals surface area contributed by atoms with Crippen molar-refractivity contribution in [1.29, 1.82) is 0 Å². The normalized spacial score (nSPS) is 10.5. The largest absolute Gasteiger partial charge is 0.496 e. The fraction of sp³-hybridized carbons (Fsp3) is 0.182. The Bertz CT molecular complexity index is 851. The van der Waals surface area contributed by atoms with Gasteiger partial charge in [-0.15, -0.1) is 0 Å². The molecule has 0 amide bonds. The molecule has 0 radical (unpaired) electrons. The first-order valence-electron chi connectivity index (χ1n) is 8.54. The van der Waals surface area contributed by atoms with Crippen molar-refractivity contribution in [3.63, 3.8) is 0 Å². The van der Waals surface area contributed by atoms with Gasteiger partial charge in [-0.2, -0.15) is 0 Å². The molecule has 0 heterocycles. The first kappa shape index (κ1) is 18.3. The zero-order chi connectivity index (χ0) is 18.2. The number of methoxy groups -OCH3 is 1. The number of nitrogens with one attached hydrogen (secondary N) is 1. The zero-order valence-electron chi connectivity index (χ0n) is 14.7. The molecule has 0 aromatic heterocycles. The van der Waals surface area contributed by atoms with Gasteiger partial charge in [-0.25, -0.2) is 0 Å². The van der Waals surface area contributed by atoms with Crippen LogP contribution in [0.5, 0.6) is 11.5 Å². The fourth-order valence-corrected chi connectivity index (χ4v) is 2.90. The van der Waals surface area contributed by atoms with Gasteiger partial charge >= 0.3 is 0 Å². The molecule has 0 fully saturated rings. The molecule has 0 aliphatic carbocycles. The van der Waals surface area contributed by atoms with Gasteiger partial charge in [0.15, 0.2) is 0 Å². The minimum atomic E-state index is 0.456. The monoisotopic (exact) mass is 367 g/mol. The van der Waals surface area contributed by atoms with Crippen LogP contribution in [-0.2, 0) is 19.7 Å². The summed E-state index contributed by atoms with van der Waals surface area (Å²) in [6, 6.07) is 23.8. The van der Waals surface area contributed by atoms with E-state index in [1.165, 1.54) is 0 Å². The second kappa shape index (κ2) is 9.27. The minimum absolute atomic E-state index is 0.456. The maximum Gasteiger partial charge on any atom is 0.123 e. The first-order chi connectivity index (χ1) is 12.8. The van der Waals surface area contributed by atoms with Gasteiger partial charge < -0.3 is 14.8 Å². The van der Waals surface area contributed by atoms with E-state index in [-0.39, 0.29) is 0 Å². The van der Waals surface area contributed by atoms with Crippen molar-refractivity contribution in [2.75, 3.05) is 7.11 Å². The Kier molecular flexibility index (Phi) is 6.53. The van der Waals surface area contributed by atoms with Crippen LogP contribution < -0.4 is 14.8 Å². The summed E-state index contributed by atoms with van der Waals surface area (Å²) in [6.07, 6.45) is 0. The molecular formula is C22H22ClNO2. The number of para-hydroxylation sites is 1. The van der Waals surface area contributed by atoms with Gasteiger partial charge in [0.25, 0.3) is 0 Å². The highest BCUT2D eigenvalue weighted by atomic mass is 35.5. The van der Waals surface area contributed by atoms with Crippen LogP contribution in [0.2, 0.25) is 5.02 Å². The number of rotatable bonds is 8. The van der Waals surface area contributed by atoms with Crippen molar-refractivity contribution in [3.05, 3.63) is 94.5 Å². The lowest BCUT2D eigenvalue weighted by Crippen LogP contribution is -2.13. The molecule has 134 valence electrons. The molecule has 0 spiro atoms. The topological polar surface area (TPSA) is 30.5 Å². The lowest BCUT2D eigenvalue weighted by molar-refractivity contribution is 0.306. The lowest BCUT2D eigenvalue weighted by atomic mass is 10.2. The van der Waals surface area contributed by atoms with Crippen LogP contribution in [-0.4, -0.2) is 7.11 Å². The quantitative estimate of drug-likeness (QED) is 0.592. The Morgan fingerprint density at radius 2 is 1.62 bits per heavy atom. The summed E-state index contributed by atoms with van der Waals surface area (Å²) in [7, 11) is 1.69. The molecule has 0 unspecified atom stereocenters. The molecule has 0 aliphatic heterocycles. The van der Waals surface area contributed by atoms with Crippen LogP contribution in [0.3, 0.4) is 0 Å². The highest BCUT2D eigenvalue weighted by Crippen LogP contribution is 2.20. The van der Waals surface area contributed by atoms with Crippen molar-refractivity contribution >= 4 is 11.6 Å². The third-order valence-electron chi connectivity index (χ3n) is 4.09. The van der Waals surface area contributed by atoms with E-state index < -0.39 is 0 Å². The number of benzene rings is 3. The van der Waals surface area contributed by atoms with Crippen LogP contribution in [0.15, 0.2) is 72.8 Å². The van der Waals surface area contributed by atoms with Gasteiger partial charge in [-0.3, -0.25) is 0 Å². The summed E-state index contributed by atoms with van der Waals surface area (Å²) in [5.41, 5.74) is 3.28. The van der Waals surface area contributed by atoms with E-state index in [0.29, 0.717) is 6.61 Å². The van der Waals surface area contributed by atoms with E-state index in [2.05, 4.69) is 17.4 Å². The van der Waals surface area contributed by atoms with E-state index in [1.54, 1.807) is 7.11 Å². The first-order valence-corrected chi connectivity index (χ1v) is 8.92. The summed E-state index contributed by atoms with van der Waals surface area (Å²) in [6.45, 7) is 1.95. The molecule has 3 aromatic carbocycles. The number of hydrogen-bond donors (Lipinski definition) is 1. The van der Waals surface area contributed by atoms with E-state index in [1.807, 2.05) is 60.7 Å². The SMILES string of the molecule is COc1ccccc1CNCc1cccc(OCc2ccccc2Cl)c1. The van der Waals surface area contributed by atoms with Gasteiger partial charge in [0.05, 0.1) is 7.11 Å². The molecule has 0 saturated carbocycles. The molecule has 26 heavy (non-hydrogen) atoms. The summed E-state index contributed by atoms with van der Waals surface area (Å²) < 4.78 is 11.3. The van der Waals surface area contributed by atoms with Crippen molar-refractivity contribution in [1.82, 2.24) is 5.32 Å². The average Bonchev–Trinajstić information content (AvgIpc) is 2.68. The molecule has 3 nitrogen and oxygen atoms in total. The smallest absolute Gasteiger partial charge is 0.123 e. The Labute approximate surface area is 159 Å². The van der Waals surface area contributed by atoms with Gasteiger partial charge in [-0.1, -0.05) is 60.1 Å². The maximum atomic E-state index is 6.17. The predicted molar refractivity (Wildman–Crippen MR) is 106 cm³/mol. The second-order valence-electron chi connectivity index (χ2n) is 5.94. The molecule has 0 saturated heterocycles. The van der Waals surface area contributed by atoms with Gasteiger partial charge in [0, 0.05) is 29.2 Å². The standard InChI is InChI=1S/C22H22ClNO2/c1-25-22-12-5-3-8-18(22)15-24-14-17-7-6-10-20(13-17)26-16-19-9-2-4-11-21(19)23/h2-13,24H,14-16H2,1H3. The fourth-order valence-electron chi connectivity index (χ4n) is 2.71. The highest BCUT2D eigenvalue weighted by molar-refractivity contribution is 6.31. The summed E-state index contributed by atoms with van der Waals surface area (Å²) >= 11 is 6.17. The second-order valence-corrected chi connectivity index (χ2v) is 6.35. The molecule has 4 heteroatoms. The lowest BCUT2D eigenvalue weighted by Gasteiger charge is -2.11. The van der Waals surface area contributed by atoms with Crippen LogP contribution in [0, 0.1) is 0 Å². The molecule has 0 atom stereocenters. The third-order valence-corrected chi connectivity index (χ3v) is 4.46. The Morgan fingerprint density at radius 3 is 2.42 bits per heavy atom. The molecule has 0 aliphatic rings. The van der Waals surface area contributed by atoms with Crippen molar-refractivity contribution in [3.8, 4) is 11.5 Å². The maximum absolute atomic E-state index is 6.17. The average molecular weight is 368 g/mol. The van der Waals surface area contributed by atoms with Gasteiger partial charge in [-0.05, 0) is 29.8 Å². The number of ether oxygens (including phenoxy) is 2. The van der Waals surface area contributed by atoms with E-state index in [0.717, 1.165) is 46.3 Å².